The van der Waals surface area contributed by atoms with Gasteiger partial charge in [0, 0.05) is 12.0 Å². The van der Waals surface area contributed by atoms with Crippen molar-refractivity contribution in [2.24, 2.45) is 0 Å². The molecule has 0 aliphatic heterocycles. The molecule has 2 N–H and O–H groups in total. The second-order valence-corrected chi connectivity index (χ2v) is 6.21. The normalized spacial score (nSPS) is 17.0. The number of hydrogen-bond donors (Lipinski definition) is 2. The van der Waals surface area contributed by atoms with Crippen molar-refractivity contribution in [3.05, 3.63) is 47.1 Å². The van der Waals surface area contributed by atoms with Crippen molar-refractivity contribution >= 4 is 0 Å². The summed E-state index contributed by atoms with van der Waals surface area (Å²) in [5.41, 5.74) is 2.28. The minimum Gasteiger partial charge on any atom is -0.394 e. The third kappa shape index (κ3) is 3.36. The van der Waals surface area contributed by atoms with Gasteiger partial charge < -0.3 is 14.9 Å². The highest BCUT2D eigenvalue weighted by Gasteiger charge is 2.32. The topological polar surface area (TPSA) is 71.2 Å². The van der Waals surface area contributed by atoms with Crippen LogP contribution in [0.15, 0.2) is 28.8 Å². The van der Waals surface area contributed by atoms with E-state index in [1.165, 1.54) is 11.1 Å². The number of hydrogen-bond acceptors (Lipinski definition) is 5. The summed E-state index contributed by atoms with van der Waals surface area (Å²) in [6, 6.07) is 8.22. The third-order valence-corrected chi connectivity index (χ3v) is 4.60. The highest BCUT2D eigenvalue weighted by Crippen LogP contribution is 2.29. The van der Waals surface area contributed by atoms with Crippen LogP contribution in [0.1, 0.15) is 48.5 Å². The lowest BCUT2D eigenvalue weighted by Crippen LogP contribution is -2.45. The van der Waals surface area contributed by atoms with Gasteiger partial charge in [-0.2, -0.15) is 4.98 Å². The Labute approximate surface area is 130 Å². The van der Waals surface area contributed by atoms with Crippen molar-refractivity contribution in [1.82, 2.24) is 15.5 Å². The first kappa shape index (κ1) is 15.2. The molecule has 0 spiro atoms. The smallest absolute Gasteiger partial charge is 0.240 e. The number of aromatic nitrogens is 2. The molecule has 3 rings (SSSR count). The van der Waals surface area contributed by atoms with Crippen LogP contribution >= 0.6 is 0 Å². The Kier molecular flexibility index (Phi) is 4.55. The SMILES string of the molecule is Cc1ccccc1Cc1noc(CNC2(CO)CCCC2)n1. The van der Waals surface area contributed by atoms with Crippen LogP contribution in [0, 0.1) is 6.92 Å². The van der Waals surface area contributed by atoms with E-state index in [0.29, 0.717) is 24.7 Å². The number of aryl methyl sites for hydroxylation is 1. The summed E-state index contributed by atoms with van der Waals surface area (Å²) in [6.07, 6.45) is 5.02. The van der Waals surface area contributed by atoms with Crippen molar-refractivity contribution in [3.63, 3.8) is 0 Å². The van der Waals surface area contributed by atoms with Crippen molar-refractivity contribution in [2.75, 3.05) is 6.61 Å². The van der Waals surface area contributed by atoms with Crippen LogP contribution in [0.2, 0.25) is 0 Å². The van der Waals surface area contributed by atoms with Crippen molar-refractivity contribution < 1.29 is 9.63 Å². The predicted molar refractivity (Wildman–Crippen MR) is 83.4 cm³/mol. The monoisotopic (exact) mass is 301 g/mol. The summed E-state index contributed by atoms with van der Waals surface area (Å²) in [5.74, 6) is 1.29. The van der Waals surface area contributed by atoms with E-state index in [4.69, 9.17) is 4.52 Å². The highest BCUT2D eigenvalue weighted by molar-refractivity contribution is 5.27. The Morgan fingerprint density at radius 1 is 1.27 bits per heavy atom. The molecule has 5 nitrogen and oxygen atoms in total. The molecule has 5 heteroatoms. The van der Waals surface area contributed by atoms with Crippen LogP contribution in [0.3, 0.4) is 0 Å². The molecule has 1 fully saturated rings. The standard InChI is InChI=1S/C17H23N3O2/c1-13-6-2-3-7-14(13)10-15-19-16(22-20-15)11-18-17(12-21)8-4-5-9-17/h2-3,6-7,18,21H,4-5,8-12H2,1H3. The minimum absolute atomic E-state index is 0.162. The molecule has 1 aromatic carbocycles. The van der Waals surface area contributed by atoms with E-state index in [1.807, 2.05) is 12.1 Å². The van der Waals surface area contributed by atoms with Gasteiger partial charge in [-0.25, -0.2) is 0 Å². The van der Waals surface area contributed by atoms with Crippen LogP contribution in [0.5, 0.6) is 0 Å². The maximum absolute atomic E-state index is 9.60. The van der Waals surface area contributed by atoms with Crippen LogP contribution in [0.25, 0.3) is 0 Å². The number of aliphatic hydroxyl groups is 1. The zero-order chi connectivity index (χ0) is 15.4. The lowest BCUT2D eigenvalue weighted by Gasteiger charge is -2.27. The quantitative estimate of drug-likeness (QED) is 0.857. The zero-order valence-corrected chi connectivity index (χ0v) is 13.0. The molecular weight excluding hydrogens is 278 g/mol. The van der Waals surface area contributed by atoms with Gasteiger partial charge in [0.25, 0.3) is 0 Å². The predicted octanol–water partition coefficient (Wildman–Crippen LogP) is 2.36. The molecule has 118 valence electrons. The van der Waals surface area contributed by atoms with E-state index >= 15 is 0 Å². The first-order chi connectivity index (χ1) is 10.7. The van der Waals surface area contributed by atoms with Crippen molar-refractivity contribution in [2.45, 2.75) is 51.1 Å². The summed E-state index contributed by atoms with van der Waals surface area (Å²) in [6.45, 7) is 2.77. The average Bonchev–Trinajstić information content (AvgIpc) is 3.17. The number of aliphatic hydroxyl groups excluding tert-OH is 1. The molecule has 0 bridgehead atoms. The molecule has 1 aromatic heterocycles. The van der Waals surface area contributed by atoms with Crippen LogP contribution < -0.4 is 5.32 Å². The molecule has 1 aliphatic carbocycles. The van der Waals surface area contributed by atoms with Gasteiger partial charge in [0.05, 0.1) is 13.2 Å². The van der Waals surface area contributed by atoms with E-state index in [0.717, 1.165) is 25.7 Å². The summed E-state index contributed by atoms with van der Waals surface area (Å²) < 4.78 is 5.32. The van der Waals surface area contributed by atoms with Gasteiger partial charge in [-0.15, -0.1) is 0 Å². The third-order valence-electron chi connectivity index (χ3n) is 4.60. The van der Waals surface area contributed by atoms with E-state index in [9.17, 15) is 5.11 Å². The largest absolute Gasteiger partial charge is 0.394 e. The van der Waals surface area contributed by atoms with Crippen LogP contribution in [0.4, 0.5) is 0 Å². The molecule has 1 aliphatic rings. The second-order valence-electron chi connectivity index (χ2n) is 6.21. The van der Waals surface area contributed by atoms with Gasteiger partial charge in [-0.3, -0.25) is 0 Å². The molecule has 0 amide bonds. The molecule has 0 radical (unpaired) electrons. The highest BCUT2D eigenvalue weighted by atomic mass is 16.5. The molecule has 2 aromatic rings. The number of nitrogens with one attached hydrogen (secondary N) is 1. The molecule has 22 heavy (non-hydrogen) atoms. The fraction of sp³-hybridized carbons (Fsp3) is 0.529. The fourth-order valence-corrected chi connectivity index (χ4v) is 3.12. The van der Waals surface area contributed by atoms with Gasteiger partial charge in [0.2, 0.25) is 5.89 Å². The van der Waals surface area contributed by atoms with E-state index in [2.05, 4.69) is 34.5 Å². The summed E-state index contributed by atoms with van der Waals surface area (Å²) in [7, 11) is 0. The summed E-state index contributed by atoms with van der Waals surface area (Å²) >= 11 is 0. The first-order valence-electron chi connectivity index (χ1n) is 7.93. The first-order valence-corrected chi connectivity index (χ1v) is 7.93. The molecule has 1 saturated carbocycles. The van der Waals surface area contributed by atoms with Gasteiger partial charge in [-0.1, -0.05) is 42.3 Å². The fourth-order valence-electron chi connectivity index (χ4n) is 3.12. The Morgan fingerprint density at radius 2 is 2.05 bits per heavy atom. The van der Waals surface area contributed by atoms with Gasteiger partial charge in [0.15, 0.2) is 5.82 Å². The number of nitrogens with zero attached hydrogens (tertiary/aromatic N) is 2. The molecular formula is C17H23N3O2. The van der Waals surface area contributed by atoms with Gasteiger partial charge >= 0.3 is 0 Å². The molecule has 0 unspecified atom stereocenters. The maximum Gasteiger partial charge on any atom is 0.240 e. The Morgan fingerprint density at radius 3 is 2.77 bits per heavy atom. The van der Waals surface area contributed by atoms with E-state index in [-0.39, 0.29) is 12.1 Å². The summed E-state index contributed by atoms with van der Waals surface area (Å²) in [5, 5.41) is 17.1. The van der Waals surface area contributed by atoms with Crippen LogP contribution in [-0.4, -0.2) is 27.4 Å². The number of benzene rings is 1. The Balaban J connectivity index is 1.61. The maximum atomic E-state index is 9.60. The molecule has 1 heterocycles. The molecule has 0 saturated heterocycles. The van der Waals surface area contributed by atoms with E-state index < -0.39 is 0 Å². The lowest BCUT2D eigenvalue weighted by molar-refractivity contribution is 0.158. The van der Waals surface area contributed by atoms with Crippen LogP contribution in [-0.2, 0) is 13.0 Å². The Hall–Kier alpha value is -1.72. The second kappa shape index (κ2) is 6.58. The lowest BCUT2D eigenvalue weighted by atomic mass is 9.99. The Bertz CT molecular complexity index is 618. The van der Waals surface area contributed by atoms with E-state index in [1.54, 1.807) is 0 Å². The average molecular weight is 301 g/mol. The number of rotatable bonds is 6. The summed E-state index contributed by atoms with van der Waals surface area (Å²) in [4.78, 5) is 4.45. The zero-order valence-electron chi connectivity index (χ0n) is 13.0. The van der Waals surface area contributed by atoms with Gasteiger partial charge in [-0.05, 0) is 30.9 Å². The van der Waals surface area contributed by atoms with Crippen molar-refractivity contribution in [3.8, 4) is 0 Å². The molecule has 0 atom stereocenters. The minimum atomic E-state index is -0.162. The van der Waals surface area contributed by atoms with Crippen molar-refractivity contribution in [1.29, 1.82) is 0 Å². The van der Waals surface area contributed by atoms with Gasteiger partial charge in [0.1, 0.15) is 0 Å².